The SMILES string of the molecule is CC(C)c1ccccc1-c1nc(NCc2ccc(-c3ccccn3)nc2)c2occc2c1C#N. The molecule has 1 N–H and O–H groups in total. The minimum Gasteiger partial charge on any atom is -0.460 e. The first-order valence-corrected chi connectivity index (χ1v) is 11.2. The molecule has 6 nitrogen and oxygen atoms in total. The molecule has 5 aromatic rings. The highest BCUT2D eigenvalue weighted by molar-refractivity contribution is 5.96. The first kappa shape index (κ1) is 21.4. The van der Waals surface area contributed by atoms with Crippen molar-refractivity contribution in [2.75, 3.05) is 5.32 Å². The topological polar surface area (TPSA) is 87.6 Å². The van der Waals surface area contributed by atoms with E-state index in [1.807, 2.05) is 60.8 Å². The van der Waals surface area contributed by atoms with Crippen LogP contribution in [-0.4, -0.2) is 15.0 Å². The van der Waals surface area contributed by atoms with Crippen molar-refractivity contribution >= 4 is 16.8 Å². The number of hydrogen-bond donors (Lipinski definition) is 1. The highest BCUT2D eigenvalue weighted by Gasteiger charge is 2.20. The van der Waals surface area contributed by atoms with Crippen LogP contribution in [0.3, 0.4) is 0 Å². The molecule has 0 bridgehead atoms. The van der Waals surface area contributed by atoms with Crippen molar-refractivity contribution in [2.45, 2.75) is 26.3 Å². The van der Waals surface area contributed by atoms with E-state index in [0.29, 0.717) is 35.1 Å². The number of benzene rings is 1. The van der Waals surface area contributed by atoms with E-state index in [0.717, 1.165) is 33.5 Å². The van der Waals surface area contributed by atoms with Gasteiger partial charge in [-0.2, -0.15) is 5.26 Å². The summed E-state index contributed by atoms with van der Waals surface area (Å²) in [4.78, 5) is 13.8. The molecule has 4 heterocycles. The highest BCUT2D eigenvalue weighted by Crippen LogP contribution is 2.36. The zero-order valence-corrected chi connectivity index (χ0v) is 19.0. The fourth-order valence-corrected chi connectivity index (χ4v) is 4.06. The molecule has 6 heteroatoms. The molecule has 0 aliphatic rings. The van der Waals surface area contributed by atoms with Crippen LogP contribution >= 0.6 is 0 Å². The number of fused-ring (bicyclic) bond motifs is 1. The molecule has 0 unspecified atom stereocenters. The summed E-state index contributed by atoms with van der Waals surface area (Å²) in [6.45, 7) is 4.79. The lowest BCUT2D eigenvalue weighted by molar-refractivity contribution is 0.615. The fraction of sp³-hybridized carbons (Fsp3) is 0.143. The summed E-state index contributed by atoms with van der Waals surface area (Å²) in [6.07, 6.45) is 5.18. The first-order chi connectivity index (χ1) is 16.7. The van der Waals surface area contributed by atoms with Gasteiger partial charge < -0.3 is 9.73 Å². The molecule has 34 heavy (non-hydrogen) atoms. The number of aromatic nitrogens is 3. The maximum absolute atomic E-state index is 9.98. The first-order valence-electron chi connectivity index (χ1n) is 11.2. The van der Waals surface area contributed by atoms with E-state index in [2.05, 4.69) is 41.3 Å². The van der Waals surface area contributed by atoms with Crippen molar-refractivity contribution in [2.24, 2.45) is 0 Å². The van der Waals surface area contributed by atoms with Gasteiger partial charge in [0.1, 0.15) is 6.07 Å². The van der Waals surface area contributed by atoms with Gasteiger partial charge in [-0.05, 0) is 41.3 Å². The van der Waals surface area contributed by atoms with Gasteiger partial charge in [-0.3, -0.25) is 9.97 Å². The normalized spacial score (nSPS) is 11.0. The average Bonchev–Trinajstić information content (AvgIpc) is 3.38. The van der Waals surface area contributed by atoms with Crippen molar-refractivity contribution in [3.05, 3.63) is 96.0 Å². The quantitative estimate of drug-likeness (QED) is 0.318. The van der Waals surface area contributed by atoms with Crippen LogP contribution in [0.4, 0.5) is 5.82 Å². The number of nitrogens with zero attached hydrogens (tertiary/aromatic N) is 4. The van der Waals surface area contributed by atoms with Gasteiger partial charge in [-0.15, -0.1) is 0 Å². The van der Waals surface area contributed by atoms with Crippen LogP contribution in [0.15, 0.2) is 83.7 Å². The molecule has 0 spiro atoms. The molecule has 5 rings (SSSR count). The van der Waals surface area contributed by atoms with E-state index in [1.54, 1.807) is 12.5 Å². The van der Waals surface area contributed by atoms with Crippen LogP contribution in [0.5, 0.6) is 0 Å². The van der Waals surface area contributed by atoms with Crippen molar-refractivity contribution in [1.29, 1.82) is 5.26 Å². The second kappa shape index (κ2) is 9.16. The minimum atomic E-state index is 0.296. The van der Waals surface area contributed by atoms with Gasteiger partial charge in [0, 0.05) is 29.9 Å². The van der Waals surface area contributed by atoms with Crippen molar-refractivity contribution in [1.82, 2.24) is 15.0 Å². The number of furan rings is 1. The van der Waals surface area contributed by atoms with Gasteiger partial charge in [0.2, 0.25) is 0 Å². The molecule has 1 aromatic carbocycles. The Morgan fingerprint density at radius 1 is 0.971 bits per heavy atom. The zero-order valence-electron chi connectivity index (χ0n) is 19.0. The third kappa shape index (κ3) is 4.00. The molecular formula is C28H23N5O. The van der Waals surface area contributed by atoms with E-state index in [9.17, 15) is 5.26 Å². The predicted molar refractivity (Wildman–Crippen MR) is 133 cm³/mol. The standard InChI is InChI=1S/C28H23N5O/c1-18(2)20-7-3-4-8-21(20)26-23(15-29)22-12-14-34-27(22)28(33-26)32-17-19-10-11-25(31-16-19)24-9-5-6-13-30-24/h3-14,16,18H,17H2,1-2H3,(H,32,33). The van der Waals surface area contributed by atoms with Gasteiger partial charge in [0.05, 0.1) is 28.9 Å². The Morgan fingerprint density at radius 2 is 1.79 bits per heavy atom. The van der Waals surface area contributed by atoms with E-state index in [-0.39, 0.29) is 0 Å². The average molecular weight is 446 g/mol. The lowest BCUT2D eigenvalue weighted by Crippen LogP contribution is -2.05. The van der Waals surface area contributed by atoms with Crippen LogP contribution < -0.4 is 5.32 Å². The smallest absolute Gasteiger partial charge is 0.177 e. The Balaban J connectivity index is 1.50. The molecule has 0 amide bonds. The maximum atomic E-state index is 9.98. The Hall–Kier alpha value is -4.50. The molecule has 0 radical (unpaired) electrons. The largest absolute Gasteiger partial charge is 0.460 e. The summed E-state index contributed by atoms with van der Waals surface area (Å²) in [7, 11) is 0. The molecule has 0 atom stereocenters. The number of anilines is 1. The number of rotatable bonds is 6. The Labute approximate surface area is 198 Å². The summed E-state index contributed by atoms with van der Waals surface area (Å²) >= 11 is 0. The summed E-state index contributed by atoms with van der Waals surface area (Å²) < 4.78 is 5.73. The summed E-state index contributed by atoms with van der Waals surface area (Å²) in [5, 5.41) is 14.1. The third-order valence-corrected chi connectivity index (χ3v) is 5.77. The Bertz CT molecular complexity index is 1480. The Morgan fingerprint density at radius 3 is 2.53 bits per heavy atom. The van der Waals surface area contributed by atoms with Gasteiger partial charge in [-0.25, -0.2) is 4.98 Å². The van der Waals surface area contributed by atoms with Crippen LogP contribution in [0.2, 0.25) is 0 Å². The molecule has 4 aromatic heterocycles. The molecule has 166 valence electrons. The zero-order chi connectivity index (χ0) is 23.5. The minimum absolute atomic E-state index is 0.296. The van der Waals surface area contributed by atoms with Gasteiger partial charge >= 0.3 is 0 Å². The summed E-state index contributed by atoms with van der Waals surface area (Å²) in [5.74, 6) is 0.894. The summed E-state index contributed by atoms with van der Waals surface area (Å²) in [5.41, 5.74) is 6.50. The number of nitriles is 1. The van der Waals surface area contributed by atoms with Gasteiger partial charge in [0.25, 0.3) is 0 Å². The molecule has 0 aliphatic heterocycles. The molecule has 0 saturated carbocycles. The maximum Gasteiger partial charge on any atom is 0.177 e. The fourth-order valence-electron chi connectivity index (χ4n) is 4.06. The number of pyridine rings is 3. The predicted octanol–water partition coefficient (Wildman–Crippen LogP) is 6.56. The van der Waals surface area contributed by atoms with E-state index < -0.39 is 0 Å². The number of nitrogens with one attached hydrogen (secondary N) is 1. The summed E-state index contributed by atoms with van der Waals surface area (Å²) in [6, 6.07) is 22.0. The van der Waals surface area contributed by atoms with Crippen LogP contribution in [0.25, 0.3) is 33.6 Å². The van der Waals surface area contributed by atoms with Gasteiger partial charge in [0.15, 0.2) is 11.4 Å². The van der Waals surface area contributed by atoms with Crippen LogP contribution in [-0.2, 0) is 6.54 Å². The van der Waals surface area contributed by atoms with E-state index in [4.69, 9.17) is 9.40 Å². The molecule has 0 saturated heterocycles. The van der Waals surface area contributed by atoms with Crippen molar-refractivity contribution in [3.63, 3.8) is 0 Å². The molecule has 0 aliphatic carbocycles. The number of hydrogen-bond acceptors (Lipinski definition) is 6. The second-order valence-corrected chi connectivity index (χ2v) is 8.32. The lowest BCUT2D eigenvalue weighted by atomic mass is 9.92. The van der Waals surface area contributed by atoms with Crippen LogP contribution in [0.1, 0.15) is 36.5 Å². The van der Waals surface area contributed by atoms with Crippen molar-refractivity contribution in [3.8, 4) is 28.7 Å². The molecular weight excluding hydrogens is 422 g/mol. The third-order valence-electron chi connectivity index (χ3n) is 5.77. The highest BCUT2D eigenvalue weighted by atomic mass is 16.3. The second-order valence-electron chi connectivity index (χ2n) is 8.32. The molecule has 0 fully saturated rings. The van der Waals surface area contributed by atoms with Gasteiger partial charge in [-0.1, -0.05) is 50.2 Å². The Kier molecular flexibility index (Phi) is 5.75. The van der Waals surface area contributed by atoms with Crippen molar-refractivity contribution < 1.29 is 4.42 Å². The van der Waals surface area contributed by atoms with Crippen LogP contribution in [0, 0.1) is 11.3 Å². The van der Waals surface area contributed by atoms with E-state index in [1.165, 1.54) is 0 Å². The monoisotopic (exact) mass is 445 g/mol. The van der Waals surface area contributed by atoms with E-state index >= 15 is 0 Å². The lowest BCUT2D eigenvalue weighted by Gasteiger charge is -2.15.